The smallest absolute Gasteiger partial charge is 0.460 e. The Kier molecular flexibility index (Phi) is 5.26. The number of nitrogens with zero attached hydrogens (tertiary/aromatic N) is 4. The molecule has 0 saturated heterocycles. The van der Waals surface area contributed by atoms with Crippen molar-refractivity contribution < 1.29 is 19.3 Å². The lowest BCUT2D eigenvalue weighted by atomic mass is 10.1. The van der Waals surface area contributed by atoms with Gasteiger partial charge in [0.2, 0.25) is 0 Å². The van der Waals surface area contributed by atoms with Crippen LogP contribution in [-0.4, -0.2) is 31.6 Å². The quantitative estimate of drug-likeness (QED) is 0.500. The van der Waals surface area contributed by atoms with E-state index in [4.69, 9.17) is 14.5 Å². The average molecular weight is 369 g/mol. The van der Waals surface area contributed by atoms with Crippen LogP contribution in [0.2, 0.25) is 0 Å². The molecule has 0 atom stereocenters. The topological polar surface area (TPSA) is 132 Å². The van der Waals surface area contributed by atoms with Crippen LogP contribution < -0.4 is 11.1 Å². The van der Waals surface area contributed by atoms with E-state index in [1.54, 1.807) is 24.3 Å². The van der Waals surface area contributed by atoms with Crippen molar-refractivity contribution in [1.82, 2.24) is 14.7 Å². The highest BCUT2D eigenvalue weighted by atomic mass is 16.6. The van der Waals surface area contributed by atoms with Crippen LogP contribution in [0.25, 0.3) is 0 Å². The van der Waals surface area contributed by atoms with Crippen molar-refractivity contribution in [2.24, 2.45) is 12.2 Å². The number of carbonyl (C=O) groups is 1. The van der Waals surface area contributed by atoms with Gasteiger partial charge in [-0.15, -0.1) is 0 Å². The molecule has 0 bridgehead atoms. The SMILES string of the molecule is Cn1oc(=O)nc1/C(=N\OCc1cccc(NC(=O)O)n1)c1ccccc1. The van der Waals surface area contributed by atoms with Crippen molar-refractivity contribution in [3.63, 3.8) is 0 Å². The minimum atomic E-state index is -1.21. The van der Waals surface area contributed by atoms with Crippen molar-refractivity contribution in [1.29, 1.82) is 0 Å². The van der Waals surface area contributed by atoms with Crippen LogP contribution in [0.3, 0.4) is 0 Å². The van der Waals surface area contributed by atoms with E-state index in [1.807, 2.05) is 18.2 Å². The van der Waals surface area contributed by atoms with Crippen LogP contribution in [0.15, 0.2) is 63.0 Å². The molecule has 0 radical (unpaired) electrons. The number of hydrogen-bond donors (Lipinski definition) is 2. The predicted molar refractivity (Wildman–Crippen MR) is 94.5 cm³/mol. The summed E-state index contributed by atoms with van der Waals surface area (Å²) in [6.45, 7) is -0.0166. The van der Waals surface area contributed by atoms with Crippen LogP contribution in [-0.2, 0) is 18.5 Å². The van der Waals surface area contributed by atoms with E-state index in [1.165, 1.54) is 17.9 Å². The number of oxime groups is 1. The molecule has 0 spiro atoms. The second-order valence-electron chi connectivity index (χ2n) is 5.31. The van der Waals surface area contributed by atoms with E-state index < -0.39 is 11.8 Å². The minimum Gasteiger partial charge on any atom is -0.465 e. The Morgan fingerprint density at radius 1 is 1.22 bits per heavy atom. The lowest BCUT2D eigenvalue weighted by molar-refractivity contribution is 0.128. The molecule has 2 heterocycles. The van der Waals surface area contributed by atoms with Crippen molar-refractivity contribution in [3.8, 4) is 0 Å². The molecule has 10 heteroatoms. The molecule has 2 N–H and O–H groups in total. The third-order valence-electron chi connectivity index (χ3n) is 3.38. The van der Waals surface area contributed by atoms with E-state index in [0.717, 1.165) is 0 Å². The number of aromatic nitrogens is 3. The molecule has 27 heavy (non-hydrogen) atoms. The lowest BCUT2D eigenvalue weighted by Crippen LogP contribution is -2.12. The fraction of sp³-hybridized carbons (Fsp3) is 0.118. The molecular formula is C17H15N5O5. The summed E-state index contributed by atoms with van der Waals surface area (Å²) in [5, 5.41) is 15.0. The van der Waals surface area contributed by atoms with Gasteiger partial charge in [0.05, 0.1) is 5.69 Å². The van der Waals surface area contributed by atoms with Crippen molar-refractivity contribution in [3.05, 3.63) is 76.2 Å². The number of carboxylic acid groups (broad SMARTS) is 1. The molecule has 10 nitrogen and oxygen atoms in total. The third-order valence-corrected chi connectivity index (χ3v) is 3.38. The molecule has 138 valence electrons. The number of hydrogen-bond acceptors (Lipinski definition) is 7. The first-order valence-corrected chi connectivity index (χ1v) is 7.79. The van der Waals surface area contributed by atoms with Gasteiger partial charge in [0, 0.05) is 12.6 Å². The molecule has 2 aromatic heterocycles. The highest BCUT2D eigenvalue weighted by molar-refractivity contribution is 6.10. The second kappa shape index (κ2) is 7.95. The zero-order valence-corrected chi connectivity index (χ0v) is 14.2. The summed E-state index contributed by atoms with van der Waals surface area (Å²) in [4.78, 5) is 35.4. The Bertz CT molecular complexity index is 1030. The van der Waals surface area contributed by atoms with Gasteiger partial charge in [-0.25, -0.2) is 14.6 Å². The Morgan fingerprint density at radius 3 is 2.67 bits per heavy atom. The second-order valence-corrected chi connectivity index (χ2v) is 5.31. The predicted octanol–water partition coefficient (Wildman–Crippen LogP) is 1.83. The van der Waals surface area contributed by atoms with Gasteiger partial charge in [0.25, 0.3) is 0 Å². The lowest BCUT2D eigenvalue weighted by Gasteiger charge is -2.06. The van der Waals surface area contributed by atoms with Gasteiger partial charge in [-0.1, -0.05) is 41.6 Å². The minimum absolute atomic E-state index is 0.0166. The van der Waals surface area contributed by atoms with Gasteiger partial charge < -0.3 is 14.5 Å². The van der Waals surface area contributed by atoms with Crippen molar-refractivity contribution in [2.45, 2.75) is 6.61 Å². The first-order valence-electron chi connectivity index (χ1n) is 7.79. The van der Waals surface area contributed by atoms with E-state index in [-0.39, 0.29) is 18.2 Å². The highest BCUT2D eigenvalue weighted by Crippen LogP contribution is 2.10. The first kappa shape index (κ1) is 17.9. The summed E-state index contributed by atoms with van der Waals surface area (Å²) >= 11 is 0. The molecule has 0 aliphatic carbocycles. The number of pyridine rings is 1. The number of benzene rings is 1. The summed E-state index contributed by atoms with van der Waals surface area (Å²) in [5.41, 5.74) is 1.45. The van der Waals surface area contributed by atoms with E-state index in [9.17, 15) is 9.59 Å². The van der Waals surface area contributed by atoms with Crippen LogP contribution >= 0.6 is 0 Å². The van der Waals surface area contributed by atoms with Crippen molar-refractivity contribution >= 4 is 17.6 Å². The van der Waals surface area contributed by atoms with Gasteiger partial charge in [-0.05, 0) is 12.1 Å². The van der Waals surface area contributed by atoms with Crippen LogP contribution in [0.4, 0.5) is 10.6 Å². The van der Waals surface area contributed by atoms with Crippen LogP contribution in [0, 0.1) is 0 Å². The maximum absolute atomic E-state index is 11.4. The van der Waals surface area contributed by atoms with Gasteiger partial charge in [-0.2, -0.15) is 9.72 Å². The summed E-state index contributed by atoms with van der Waals surface area (Å²) in [6, 6.07) is 13.9. The Hall–Kier alpha value is -3.95. The molecule has 1 amide bonds. The van der Waals surface area contributed by atoms with Crippen molar-refractivity contribution in [2.75, 3.05) is 5.32 Å². The zero-order valence-electron chi connectivity index (χ0n) is 14.2. The summed E-state index contributed by atoms with van der Waals surface area (Å²) < 4.78 is 6.07. The Balaban J connectivity index is 1.84. The third kappa shape index (κ3) is 4.57. The van der Waals surface area contributed by atoms with E-state index in [2.05, 4.69) is 20.4 Å². The average Bonchev–Trinajstić information content (AvgIpc) is 2.97. The number of nitrogens with one attached hydrogen (secondary N) is 1. The molecule has 3 aromatic rings. The van der Waals surface area contributed by atoms with Gasteiger partial charge >= 0.3 is 11.8 Å². The fourth-order valence-electron chi connectivity index (χ4n) is 2.26. The van der Waals surface area contributed by atoms with Crippen LogP contribution in [0.5, 0.6) is 0 Å². The van der Waals surface area contributed by atoms with Gasteiger partial charge in [-0.3, -0.25) is 5.32 Å². The first-order chi connectivity index (χ1) is 13.0. The number of amides is 1. The van der Waals surface area contributed by atoms with Gasteiger partial charge in [0.1, 0.15) is 5.82 Å². The van der Waals surface area contributed by atoms with E-state index >= 15 is 0 Å². The molecule has 0 aliphatic heterocycles. The molecule has 0 saturated carbocycles. The standard InChI is InChI=1S/C17H15N5O5/c1-22-15(20-17(25)27-22)14(11-6-3-2-4-7-11)21-26-10-12-8-5-9-13(18-12)19-16(23)24/h2-9H,10H2,1H3,(H,18,19)(H,23,24)/b21-14-. The Labute approximate surface area is 152 Å². The van der Waals surface area contributed by atoms with E-state index in [0.29, 0.717) is 17.0 Å². The molecule has 1 aromatic carbocycles. The molecule has 0 fully saturated rings. The van der Waals surface area contributed by atoms with Crippen LogP contribution in [0.1, 0.15) is 17.1 Å². The monoisotopic (exact) mass is 369 g/mol. The number of aryl methyl sites for hydroxylation is 1. The summed E-state index contributed by atoms with van der Waals surface area (Å²) in [6.07, 6.45) is -1.21. The highest BCUT2D eigenvalue weighted by Gasteiger charge is 2.16. The molecule has 0 aliphatic rings. The zero-order chi connectivity index (χ0) is 19.2. The fourth-order valence-corrected chi connectivity index (χ4v) is 2.26. The largest absolute Gasteiger partial charge is 0.465 e. The number of rotatable bonds is 6. The summed E-state index contributed by atoms with van der Waals surface area (Å²) in [7, 11) is 1.53. The van der Waals surface area contributed by atoms with Gasteiger partial charge in [0.15, 0.2) is 18.1 Å². The molecule has 0 unspecified atom stereocenters. The molecular weight excluding hydrogens is 354 g/mol. The summed E-state index contributed by atoms with van der Waals surface area (Å²) in [5.74, 6) is -0.361. The maximum Gasteiger partial charge on any atom is 0.460 e. The number of anilines is 1. The normalized spacial score (nSPS) is 11.2. The maximum atomic E-state index is 11.4. The molecule has 3 rings (SSSR count). The Morgan fingerprint density at radius 2 is 2.00 bits per heavy atom.